The molecule has 2 unspecified atom stereocenters. The molecule has 2 atom stereocenters. The van der Waals surface area contributed by atoms with Crippen LogP contribution in [0.1, 0.15) is 26.2 Å². The zero-order chi connectivity index (χ0) is 8.55. The van der Waals surface area contributed by atoms with Crippen LogP contribution >= 0.6 is 0 Å². The lowest BCUT2D eigenvalue weighted by Crippen LogP contribution is -2.31. The Balaban J connectivity index is 1.93. The van der Waals surface area contributed by atoms with Crippen LogP contribution in [0.4, 0.5) is 0 Å². The van der Waals surface area contributed by atoms with E-state index in [-0.39, 0.29) is 6.04 Å². The van der Waals surface area contributed by atoms with Gasteiger partial charge in [0.1, 0.15) is 5.76 Å². The van der Waals surface area contributed by atoms with Crippen LogP contribution in [0.15, 0.2) is 11.8 Å². The largest absolute Gasteiger partial charge is 0.496 e. The Morgan fingerprint density at radius 2 is 2.33 bits per heavy atom. The van der Waals surface area contributed by atoms with Crippen molar-refractivity contribution in [3.63, 3.8) is 0 Å². The molecule has 1 saturated carbocycles. The molecule has 2 aliphatic rings. The molecule has 0 radical (unpaired) electrons. The van der Waals surface area contributed by atoms with Crippen LogP contribution in [-0.2, 0) is 4.74 Å². The molecule has 68 valence electrons. The molecule has 2 N–H and O–H groups in total. The molecule has 1 aliphatic carbocycles. The van der Waals surface area contributed by atoms with E-state index < -0.39 is 0 Å². The zero-order valence-corrected chi connectivity index (χ0v) is 7.62. The molecule has 0 spiro atoms. The molecule has 2 heteroatoms. The Bertz CT molecular complexity index is 196. The quantitative estimate of drug-likeness (QED) is 0.694. The van der Waals surface area contributed by atoms with Gasteiger partial charge < -0.3 is 10.5 Å². The van der Waals surface area contributed by atoms with E-state index in [0.29, 0.717) is 5.92 Å². The van der Waals surface area contributed by atoms with E-state index in [4.69, 9.17) is 10.5 Å². The van der Waals surface area contributed by atoms with E-state index in [1.54, 1.807) is 0 Å². The Morgan fingerprint density at radius 3 is 2.83 bits per heavy atom. The third kappa shape index (κ3) is 1.48. The normalized spacial score (nSPS) is 27.7. The molecule has 0 aromatic carbocycles. The molecule has 0 bridgehead atoms. The summed E-state index contributed by atoms with van der Waals surface area (Å²) in [5.74, 6) is 2.51. The number of nitrogens with two attached hydrogens (primary N) is 1. The van der Waals surface area contributed by atoms with Crippen molar-refractivity contribution >= 4 is 0 Å². The molecule has 0 aromatic rings. The van der Waals surface area contributed by atoms with Crippen LogP contribution in [0, 0.1) is 11.8 Å². The fourth-order valence-electron chi connectivity index (χ4n) is 1.84. The second-order valence-electron chi connectivity index (χ2n) is 3.97. The third-order valence-electron chi connectivity index (χ3n) is 2.99. The van der Waals surface area contributed by atoms with E-state index in [1.807, 2.05) is 0 Å². The molecule has 1 fully saturated rings. The SMILES string of the molecule is CC(C1CC1)C(N)C1=CCCO1. The van der Waals surface area contributed by atoms with Crippen LogP contribution in [0.3, 0.4) is 0 Å². The van der Waals surface area contributed by atoms with E-state index in [9.17, 15) is 0 Å². The van der Waals surface area contributed by atoms with Crippen molar-refractivity contribution in [3.8, 4) is 0 Å². The van der Waals surface area contributed by atoms with Crippen LogP contribution in [0.25, 0.3) is 0 Å². The van der Waals surface area contributed by atoms with Crippen molar-refractivity contribution in [2.45, 2.75) is 32.2 Å². The predicted octanol–water partition coefficient (Wildman–Crippen LogP) is 1.66. The van der Waals surface area contributed by atoms with Gasteiger partial charge in [-0.25, -0.2) is 0 Å². The van der Waals surface area contributed by atoms with E-state index >= 15 is 0 Å². The van der Waals surface area contributed by atoms with Gasteiger partial charge in [-0.2, -0.15) is 0 Å². The van der Waals surface area contributed by atoms with Crippen molar-refractivity contribution in [2.75, 3.05) is 6.61 Å². The first-order chi connectivity index (χ1) is 5.79. The minimum Gasteiger partial charge on any atom is -0.496 e. The standard InChI is InChI=1S/C10H17NO/c1-7(8-4-5-8)10(11)9-3-2-6-12-9/h3,7-8,10H,2,4-6,11H2,1H3. The first-order valence-electron chi connectivity index (χ1n) is 4.87. The maximum absolute atomic E-state index is 6.07. The summed E-state index contributed by atoms with van der Waals surface area (Å²) in [7, 11) is 0. The van der Waals surface area contributed by atoms with Gasteiger partial charge in [-0.05, 0) is 30.8 Å². The van der Waals surface area contributed by atoms with Crippen molar-refractivity contribution in [1.82, 2.24) is 0 Å². The monoisotopic (exact) mass is 167 g/mol. The Kier molecular flexibility index (Phi) is 2.09. The van der Waals surface area contributed by atoms with Crippen molar-refractivity contribution in [2.24, 2.45) is 17.6 Å². The molecule has 0 saturated heterocycles. The smallest absolute Gasteiger partial charge is 0.109 e. The molecule has 0 amide bonds. The maximum Gasteiger partial charge on any atom is 0.109 e. The van der Waals surface area contributed by atoms with Crippen LogP contribution in [-0.4, -0.2) is 12.6 Å². The first-order valence-corrected chi connectivity index (χ1v) is 4.87. The van der Waals surface area contributed by atoms with Gasteiger partial charge in [-0.15, -0.1) is 0 Å². The summed E-state index contributed by atoms with van der Waals surface area (Å²) < 4.78 is 5.45. The predicted molar refractivity (Wildman–Crippen MR) is 48.5 cm³/mol. The number of hydrogen-bond donors (Lipinski definition) is 1. The molecule has 1 aliphatic heterocycles. The van der Waals surface area contributed by atoms with Crippen LogP contribution < -0.4 is 5.73 Å². The highest BCUT2D eigenvalue weighted by Crippen LogP contribution is 2.39. The first kappa shape index (κ1) is 8.11. The number of rotatable bonds is 3. The van der Waals surface area contributed by atoms with E-state index in [1.165, 1.54) is 12.8 Å². The highest BCUT2D eigenvalue weighted by molar-refractivity contribution is 5.09. The Morgan fingerprint density at radius 1 is 1.58 bits per heavy atom. The lowest BCUT2D eigenvalue weighted by molar-refractivity contribution is 0.205. The van der Waals surface area contributed by atoms with Crippen molar-refractivity contribution < 1.29 is 4.74 Å². The average molecular weight is 167 g/mol. The van der Waals surface area contributed by atoms with Gasteiger partial charge in [0.25, 0.3) is 0 Å². The number of hydrogen-bond acceptors (Lipinski definition) is 2. The molecule has 12 heavy (non-hydrogen) atoms. The lowest BCUT2D eigenvalue weighted by Gasteiger charge is -2.20. The zero-order valence-electron chi connectivity index (χ0n) is 7.62. The Labute approximate surface area is 73.8 Å². The van der Waals surface area contributed by atoms with Crippen molar-refractivity contribution in [1.29, 1.82) is 0 Å². The second-order valence-corrected chi connectivity index (χ2v) is 3.97. The van der Waals surface area contributed by atoms with Crippen LogP contribution in [0.2, 0.25) is 0 Å². The summed E-state index contributed by atoms with van der Waals surface area (Å²) in [6, 6.07) is 0.153. The summed E-state index contributed by atoms with van der Waals surface area (Å²) in [4.78, 5) is 0. The summed E-state index contributed by atoms with van der Waals surface area (Å²) in [6.45, 7) is 3.07. The highest BCUT2D eigenvalue weighted by atomic mass is 16.5. The minimum atomic E-state index is 0.153. The molecule has 2 rings (SSSR count). The van der Waals surface area contributed by atoms with Gasteiger partial charge in [0.2, 0.25) is 0 Å². The van der Waals surface area contributed by atoms with Gasteiger partial charge in [-0.1, -0.05) is 6.92 Å². The fourth-order valence-corrected chi connectivity index (χ4v) is 1.84. The van der Waals surface area contributed by atoms with Gasteiger partial charge in [0.15, 0.2) is 0 Å². The maximum atomic E-state index is 6.07. The topological polar surface area (TPSA) is 35.2 Å². The second kappa shape index (κ2) is 3.09. The third-order valence-corrected chi connectivity index (χ3v) is 2.99. The number of ether oxygens (including phenoxy) is 1. The fraction of sp³-hybridized carbons (Fsp3) is 0.800. The molecule has 2 nitrogen and oxygen atoms in total. The van der Waals surface area contributed by atoms with Gasteiger partial charge >= 0.3 is 0 Å². The van der Waals surface area contributed by atoms with E-state index in [0.717, 1.165) is 24.7 Å². The van der Waals surface area contributed by atoms with E-state index in [2.05, 4.69) is 13.0 Å². The average Bonchev–Trinajstić information content (AvgIpc) is 2.79. The van der Waals surface area contributed by atoms with Crippen molar-refractivity contribution in [3.05, 3.63) is 11.8 Å². The van der Waals surface area contributed by atoms with Crippen LogP contribution in [0.5, 0.6) is 0 Å². The lowest BCUT2D eigenvalue weighted by atomic mass is 9.96. The minimum absolute atomic E-state index is 0.153. The van der Waals surface area contributed by atoms with Gasteiger partial charge in [-0.3, -0.25) is 0 Å². The molecular weight excluding hydrogens is 150 g/mol. The highest BCUT2D eigenvalue weighted by Gasteiger charge is 2.34. The van der Waals surface area contributed by atoms with Gasteiger partial charge in [0.05, 0.1) is 12.6 Å². The summed E-state index contributed by atoms with van der Waals surface area (Å²) in [6.07, 6.45) is 5.91. The molecule has 1 heterocycles. The molecular formula is C10H17NO. The summed E-state index contributed by atoms with van der Waals surface area (Å²) in [5, 5.41) is 0. The Hall–Kier alpha value is -0.500. The summed E-state index contributed by atoms with van der Waals surface area (Å²) >= 11 is 0. The molecule has 0 aromatic heterocycles. The summed E-state index contributed by atoms with van der Waals surface area (Å²) in [5.41, 5.74) is 6.07. The van der Waals surface area contributed by atoms with Gasteiger partial charge in [0, 0.05) is 6.42 Å².